The molecule has 0 radical (unpaired) electrons. The van der Waals surface area contributed by atoms with Gasteiger partial charge >= 0.3 is 0 Å². The van der Waals surface area contributed by atoms with E-state index in [0.29, 0.717) is 36.3 Å². The first kappa shape index (κ1) is 18.2. The lowest BCUT2D eigenvalue weighted by atomic mass is 9.51. The van der Waals surface area contributed by atoms with Crippen LogP contribution >= 0.6 is 0 Å². The van der Waals surface area contributed by atoms with Crippen LogP contribution in [-0.4, -0.2) is 42.0 Å². The molecule has 0 spiro atoms. The Hall–Kier alpha value is -1.81. The molecular formula is C24H31NO3. The average molecular weight is 382 g/mol. The van der Waals surface area contributed by atoms with E-state index in [1.54, 1.807) is 7.11 Å². The molecule has 1 heterocycles. The van der Waals surface area contributed by atoms with E-state index in [0.717, 1.165) is 48.4 Å². The number of allylic oxidation sites excluding steroid dienone is 1. The molecule has 4 heteroatoms. The van der Waals surface area contributed by atoms with Gasteiger partial charge in [0.1, 0.15) is 5.78 Å². The number of hydrogen-bond donors (Lipinski definition) is 1. The van der Waals surface area contributed by atoms with Crippen LogP contribution in [0.15, 0.2) is 12.6 Å². The molecule has 1 aromatic rings. The Morgan fingerprint density at radius 2 is 2.18 bits per heavy atom. The molecule has 28 heavy (non-hydrogen) atoms. The lowest BCUT2D eigenvalue weighted by Crippen LogP contribution is -2.62. The summed E-state index contributed by atoms with van der Waals surface area (Å²) < 4.78 is 5.54. The number of benzene rings is 1. The van der Waals surface area contributed by atoms with Crippen molar-refractivity contribution in [1.82, 2.24) is 4.90 Å². The van der Waals surface area contributed by atoms with Crippen LogP contribution in [0.1, 0.15) is 62.1 Å². The molecule has 2 unspecified atom stereocenters. The Morgan fingerprint density at radius 3 is 2.86 bits per heavy atom. The highest BCUT2D eigenvalue weighted by Gasteiger charge is 2.57. The molecular weight excluding hydrogens is 350 g/mol. The lowest BCUT2D eigenvalue weighted by Gasteiger charge is -2.59. The minimum absolute atomic E-state index is 0.240. The second kappa shape index (κ2) is 6.35. The van der Waals surface area contributed by atoms with E-state index in [1.807, 2.05) is 13.0 Å². The summed E-state index contributed by atoms with van der Waals surface area (Å²) in [5.74, 6) is 2.43. The van der Waals surface area contributed by atoms with Crippen molar-refractivity contribution in [2.24, 2.45) is 11.8 Å². The highest BCUT2D eigenvalue weighted by Crippen LogP contribution is 2.59. The fourth-order valence-electron chi connectivity index (χ4n) is 6.47. The van der Waals surface area contributed by atoms with E-state index in [2.05, 4.69) is 11.5 Å². The van der Waals surface area contributed by atoms with Crippen molar-refractivity contribution in [2.45, 2.75) is 63.3 Å². The number of phenols is 1. The normalized spacial score (nSPS) is 31.9. The summed E-state index contributed by atoms with van der Waals surface area (Å²) in [6.07, 6.45) is 6.83. The summed E-state index contributed by atoms with van der Waals surface area (Å²) in [5, 5.41) is 11.2. The first-order valence-corrected chi connectivity index (χ1v) is 10.8. The van der Waals surface area contributed by atoms with E-state index in [4.69, 9.17) is 4.74 Å². The zero-order valence-electron chi connectivity index (χ0n) is 17.1. The molecule has 1 saturated heterocycles. The monoisotopic (exact) mass is 381 g/mol. The lowest BCUT2D eigenvalue weighted by molar-refractivity contribution is -0.127. The fourth-order valence-corrected chi connectivity index (χ4v) is 6.47. The number of carbonyl (C=O) groups excluding carboxylic acids is 1. The maximum absolute atomic E-state index is 12.6. The van der Waals surface area contributed by atoms with Crippen molar-refractivity contribution in [3.63, 3.8) is 0 Å². The standard InChI is InChI=1S/C24H31NO3/c1-14(2)17-11-21(28-3)23(27)22-18(17)10-20-19-7-6-16(26)12-24(19,22)8-9-25(20)13-15-4-5-15/h11,15,19-20,27H,1,4-10,12-13H2,2-3H3/t19?,20?,24-/m1/s1. The summed E-state index contributed by atoms with van der Waals surface area (Å²) in [7, 11) is 1.61. The third kappa shape index (κ3) is 2.57. The second-order valence-corrected chi connectivity index (χ2v) is 9.59. The number of Topliss-reactive ketones (excluding diaryl/α,β-unsaturated/α-hetero) is 1. The Labute approximate surface area is 167 Å². The summed E-state index contributed by atoms with van der Waals surface area (Å²) >= 11 is 0. The molecule has 150 valence electrons. The number of ether oxygens (including phenoxy) is 1. The molecule has 3 aliphatic carbocycles. The van der Waals surface area contributed by atoms with Gasteiger partial charge in [0.25, 0.3) is 0 Å². The van der Waals surface area contributed by atoms with Gasteiger partial charge in [-0.1, -0.05) is 12.2 Å². The third-order valence-corrected chi connectivity index (χ3v) is 7.89. The van der Waals surface area contributed by atoms with Crippen LogP contribution in [-0.2, 0) is 16.6 Å². The van der Waals surface area contributed by atoms with E-state index >= 15 is 0 Å². The number of rotatable bonds is 4. The molecule has 2 saturated carbocycles. The van der Waals surface area contributed by atoms with E-state index < -0.39 is 0 Å². The first-order valence-electron chi connectivity index (χ1n) is 10.8. The van der Waals surface area contributed by atoms with Crippen LogP contribution in [0, 0.1) is 11.8 Å². The van der Waals surface area contributed by atoms with Crippen molar-refractivity contribution < 1.29 is 14.6 Å². The van der Waals surface area contributed by atoms with Gasteiger partial charge in [-0.3, -0.25) is 9.69 Å². The number of nitrogens with zero attached hydrogens (tertiary/aromatic N) is 1. The van der Waals surface area contributed by atoms with Gasteiger partial charge in [-0.05, 0) is 74.6 Å². The molecule has 3 fully saturated rings. The van der Waals surface area contributed by atoms with Gasteiger partial charge in [0, 0.05) is 36.4 Å². The number of phenolic OH excluding ortho intramolecular Hbond substituents is 1. The van der Waals surface area contributed by atoms with Gasteiger partial charge in [0.2, 0.25) is 0 Å². The molecule has 3 atom stereocenters. The molecule has 4 nitrogen and oxygen atoms in total. The Kier molecular flexibility index (Phi) is 4.13. The highest BCUT2D eigenvalue weighted by molar-refractivity contribution is 5.83. The Morgan fingerprint density at radius 1 is 1.39 bits per heavy atom. The van der Waals surface area contributed by atoms with Gasteiger partial charge in [-0.25, -0.2) is 0 Å². The van der Waals surface area contributed by atoms with Crippen LogP contribution in [0.5, 0.6) is 11.5 Å². The molecule has 4 aliphatic rings. The number of ketones is 1. The number of fused-ring (bicyclic) bond motifs is 1. The first-order chi connectivity index (χ1) is 13.4. The largest absolute Gasteiger partial charge is 0.504 e. The molecule has 1 aliphatic heterocycles. The van der Waals surface area contributed by atoms with Crippen LogP contribution in [0.3, 0.4) is 0 Å². The summed E-state index contributed by atoms with van der Waals surface area (Å²) in [6, 6.07) is 2.42. The second-order valence-electron chi connectivity index (χ2n) is 9.59. The number of aromatic hydroxyl groups is 1. The maximum atomic E-state index is 12.6. The molecule has 1 aromatic carbocycles. The number of likely N-dealkylation sites (tertiary alicyclic amines) is 1. The van der Waals surface area contributed by atoms with Crippen molar-refractivity contribution in [3.05, 3.63) is 29.3 Å². The number of hydrogen-bond acceptors (Lipinski definition) is 4. The topological polar surface area (TPSA) is 49.8 Å². The van der Waals surface area contributed by atoms with Crippen LogP contribution in [0.4, 0.5) is 0 Å². The third-order valence-electron chi connectivity index (χ3n) is 7.89. The zero-order valence-corrected chi connectivity index (χ0v) is 17.1. The molecule has 0 amide bonds. The Balaban J connectivity index is 1.71. The molecule has 1 N–H and O–H groups in total. The predicted octanol–water partition coefficient (Wildman–Crippen LogP) is 4.08. The van der Waals surface area contributed by atoms with Crippen molar-refractivity contribution >= 4 is 11.4 Å². The molecule has 0 aromatic heterocycles. The van der Waals surface area contributed by atoms with Gasteiger partial charge in [-0.2, -0.15) is 0 Å². The SMILES string of the molecule is C=C(C)c1cc(OC)c(O)c2c1CC1C3CCC(=O)C[C@@]23CCN1CC1CC1. The smallest absolute Gasteiger partial charge is 0.161 e. The summed E-state index contributed by atoms with van der Waals surface area (Å²) in [4.78, 5) is 15.3. The highest BCUT2D eigenvalue weighted by atomic mass is 16.5. The molecule has 5 rings (SSSR count). The van der Waals surface area contributed by atoms with Gasteiger partial charge in [0.05, 0.1) is 7.11 Å². The Bertz CT molecular complexity index is 856. The number of piperidine rings is 1. The maximum Gasteiger partial charge on any atom is 0.161 e. The number of methoxy groups -OCH3 is 1. The predicted molar refractivity (Wildman–Crippen MR) is 110 cm³/mol. The average Bonchev–Trinajstić information content (AvgIpc) is 3.47. The van der Waals surface area contributed by atoms with Gasteiger partial charge in [0.15, 0.2) is 11.5 Å². The van der Waals surface area contributed by atoms with Crippen LogP contribution in [0.25, 0.3) is 5.57 Å². The van der Waals surface area contributed by atoms with Gasteiger partial charge < -0.3 is 9.84 Å². The van der Waals surface area contributed by atoms with E-state index in [9.17, 15) is 9.90 Å². The van der Waals surface area contributed by atoms with Crippen LogP contribution < -0.4 is 4.74 Å². The van der Waals surface area contributed by atoms with Crippen molar-refractivity contribution in [1.29, 1.82) is 0 Å². The van der Waals surface area contributed by atoms with Crippen molar-refractivity contribution in [3.8, 4) is 11.5 Å². The van der Waals surface area contributed by atoms with E-state index in [-0.39, 0.29) is 11.2 Å². The van der Waals surface area contributed by atoms with Crippen LogP contribution in [0.2, 0.25) is 0 Å². The fraction of sp³-hybridized carbons (Fsp3) is 0.625. The van der Waals surface area contributed by atoms with E-state index in [1.165, 1.54) is 24.9 Å². The summed E-state index contributed by atoms with van der Waals surface area (Å²) in [6.45, 7) is 8.47. The molecule has 2 bridgehead atoms. The number of carbonyl (C=O) groups is 1. The minimum atomic E-state index is -0.240. The zero-order chi connectivity index (χ0) is 19.6. The van der Waals surface area contributed by atoms with Crippen molar-refractivity contribution in [2.75, 3.05) is 20.2 Å². The minimum Gasteiger partial charge on any atom is -0.504 e. The van der Waals surface area contributed by atoms with Gasteiger partial charge in [-0.15, -0.1) is 0 Å². The quantitative estimate of drug-likeness (QED) is 0.854. The summed E-state index contributed by atoms with van der Waals surface area (Å²) in [5.41, 5.74) is 4.07.